The van der Waals surface area contributed by atoms with Crippen LogP contribution >= 0.6 is 12.2 Å². The average molecular weight is 434 g/mol. The SMILES string of the molecule is Cc1ccc(NC(=S)N(CCCN2CCOCC2)Cc2cccc3ccccc23)cc1. The lowest BCUT2D eigenvalue weighted by atomic mass is 10.0. The molecule has 3 aromatic rings. The fourth-order valence-electron chi connectivity index (χ4n) is 4.04. The van der Waals surface area contributed by atoms with Crippen LogP contribution in [0.2, 0.25) is 0 Å². The van der Waals surface area contributed by atoms with E-state index in [0.29, 0.717) is 0 Å². The van der Waals surface area contributed by atoms with Gasteiger partial charge in [-0.3, -0.25) is 4.90 Å². The number of hydrogen-bond acceptors (Lipinski definition) is 3. The minimum Gasteiger partial charge on any atom is -0.379 e. The van der Waals surface area contributed by atoms with Crippen LogP contribution in [0.25, 0.3) is 10.8 Å². The normalized spacial score (nSPS) is 14.5. The fraction of sp³-hybridized carbons (Fsp3) is 0.346. The average Bonchev–Trinajstić information content (AvgIpc) is 2.81. The summed E-state index contributed by atoms with van der Waals surface area (Å²) in [6.45, 7) is 8.61. The summed E-state index contributed by atoms with van der Waals surface area (Å²) in [5.74, 6) is 0. The van der Waals surface area contributed by atoms with Crippen molar-refractivity contribution in [1.29, 1.82) is 0 Å². The van der Waals surface area contributed by atoms with Gasteiger partial charge < -0.3 is 15.0 Å². The summed E-state index contributed by atoms with van der Waals surface area (Å²) < 4.78 is 5.48. The van der Waals surface area contributed by atoms with Crippen LogP contribution in [-0.4, -0.2) is 54.3 Å². The first-order chi connectivity index (χ1) is 15.2. The van der Waals surface area contributed by atoms with Gasteiger partial charge in [0.15, 0.2) is 5.11 Å². The zero-order chi connectivity index (χ0) is 21.5. The molecular weight excluding hydrogens is 402 g/mol. The first-order valence-electron chi connectivity index (χ1n) is 11.1. The van der Waals surface area contributed by atoms with E-state index < -0.39 is 0 Å². The molecule has 0 atom stereocenters. The predicted molar refractivity (Wildman–Crippen MR) is 134 cm³/mol. The number of ether oxygens (including phenoxy) is 1. The molecule has 0 unspecified atom stereocenters. The standard InChI is InChI=1S/C26H31N3OS/c1-21-10-12-24(13-11-21)27-26(31)29(15-5-14-28-16-18-30-19-17-28)20-23-8-4-7-22-6-2-3-9-25(22)23/h2-4,6-13H,5,14-20H2,1H3,(H,27,31). The first-order valence-corrected chi connectivity index (χ1v) is 11.5. The topological polar surface area (TPSA) is 27.7 Å². The van der Waals surface area contributed by atoms with Crippen molar-refractivity contribution in [3.8, 4) is 0 Å². The van der Waals surface area contributed by atoms with Crippen LogP contribution < -0.4 is 5.32 Å². The number of benzene rings is 3. The summed E-state index contributed by atoms with van der Waals surface area (Å²) in [7, 11) is 0. The molecule has 1 aliphatic heterocycles. The maximum absolute atomic E-state index is 5.86. The van der Waals surface area contributed by atoms with E-state index in [9.17, 15) is 0 Å². The third-order valence-corrected chi connectivity index (χ3v) is 6.20. The van der Waals surface area contributed by atoms with E-state index in [2.05, 4.69) is 88.8 Å². The zero-order valence-electron chi connectivity index (χ0n) is 18.2. The largest absolute Gasteiger partial charge is 0.379 e. The highest BCUT2D eigenvalue weighted by Crippen LogP contribution is 2.21. The van der Waals surface area contributed by atoms with Crippen LogP contribution in [0, 0.1) is 6.92 Å². The summed E-state index contributed by atoms with van der Waals surface area (Å²) >= 11 is 5.86. The van der Waals surface area contributed by atoms with Crippen LogP contribution in [0.3, 0.4) is 0 Å². The van der Waals surface area contributed by atoms with Crippen molar-refractivity contribution < 1.29 is 4.74 Å². The summed E-state index contributed by atoms with van der Waals surface area (Å²) in [5.41, 5.74) is 3.58. The Morgan fingerprint density at radius 3 is 2.55 bits per heavy atom. The van der Waals surface area contributed by atoms with Gasteiger partial charge in [0, 0.05) is 38.4 Å². The van der Waals surface area contributed by atoms with E-state index in [0.717, 1.165) is 63.2 Å². The molecule has 0 aliphatic carbocycles. The molecular formula is C26H31N3OS. The highest BCUT2D eigenvalue weighted by Gasteiger charge is 2.15. The second-order valence-corrected chi connectivity index (χ2v) is 8.55. The predicted octanol–water partition coefficient (Wildman–Crippen LogP) is 5.07. The molecule has 0 spiro atoms. The number of nitrogens with one attached hydrogen (secondary N) is 1. The van der Waals surface area contributed by atoms with Gasteiger partial charge in [0.05, 0.1) is 13.2 Å². The number of thiocarbonyl (C=S) groups is 1. The lowest BCUT2D eigenvalue weighted by Gasteiger charge is -2.30. The minimum absolute atomic E-state index is 0.777. The molecule has 1 N–H and O–H groups in total. The molecule has 0 aromatic heterocycles. The fourth-order valence-corrected chi connectivity index (χ4v) is 4.31. The maximum atomic E-state index is 5.86. The van der Waals surface area contributed by atoms with Crippen molar-refractivity contribution >= 4 is 33.8 Å². The van der Waals surface area contributed by atoms with Gasteiger partial charge in [-0.25, -0.2) is 0 Å². The lowest BCUT2D eigenvalue weighted by Crippen LogP contribution is -2.40. The third-order valence-electron chi connectivity index (χ3n) is 5.84. The van der Waals surface area contributed by atoms with Gasteiger partial charge in [-0.1, -0.05) is 60.2 Å². The Balaban J connectivity index is 1.47. The van der Waals surface area contributed by atoms with Gasteiger partial charge in [0.1, 0.15) is 0 Å². The number of morpholine rings is 1. The third kappa shape index (κ3) is 6.03. The van der Waals surface area contributed by atoms with Crippen molar-refractivity contribution in [3.63, 3.8) is 0 Å². The van der Waals surface area contributed by atoms with Crippen LogP contribution in [-0.2, 0) is 11.3 Å². The van der Waals surface area contributed by atoms with Crippen molar-refractivity contribution in [2.24, 2.45) is 0 Å². The molecule has 1 heterocycles. The van der Waals surface area contributed by atoms with Crippen LogP contribution in [0.5, 0.6) is 0 Å². The quantitative estimate of drug-likeness (QED) is 0.525. The van der Waals surface area contributed by atoms with Gasteiger partial charge in [-0.15, -0.1) is 0 Å². The second kappa shape index (κ2) is 10.7. The molecule has 4 rings (SSSR count). The van der Waals surface area contributed by atoms with Crippen LogP contribution in [0.1, 0.15) is 17.5 Å². The Morgan fingerprint density at radius 2 is 1.74 bits per heavy atom. The number of nitrogens with zero attached hydrogens (tertiary/aromatic N) is 2. The summed E-state index contributed by atoms with van der Waals surface area (Å²) in [6, 6.07) is 23.5. The number of fused-ring (bicyclic) bond motifs is 1. The monoisotopic (exact) mass is 433 g/mol. The number of aryl methyl sites for hydroxylation is 1. The van der Waals surface area contributed by atoms with Gasteiger partial charge in [-0.05, 0) is 54.0 Å². The van der Waals surface area contributed by atoms with Crippen molar-refractivity contribution in [3.05, 3.63) is 77.9 Å². The first kappa shape index (κ1) is 21.8. The van der Waals surface area contributed by atoms with Crippen LogP contribution in [0.4, 0.5) is 5.69 Å². The molecule has 1 fully saturated rings. The van der Waals surface area contributed by atoms with Gasteiger partial charge in [0.25, 0.3) is 0 Å². The Hall–Kier alpha value is -2.47. The Bertz CT molecular complexity index is 994. The summed E-state index contributed by atoms with van der Waals surface area (Å²) in [4.78, 5) is 4.79. The molecule has 162 valence electrons. The minimum atomic E-state index is 0.777. The molecule has 4 nitrogen and oxygen atoms in total. The Morgan fingerprint density at radius 1 is 1.00 bits per heavy atom. The number of anilines is 1. The Kier molecular flexibility index (Phi) is 7.52. The van der Waals surface area contributed by atoms with Crippen molar-refractivity contribution in [1.82, 2.24) is 9.80 Å². The molecule has 0 bridgehead atoms. The van der Waals surface area contributed by atoms with Gasteiger partial charge in [-0.2, -0.15) is 0 Å². The highest BCUT2D eigenvalue weighted by molar-refractivity contribution is 7.80. The number of hydrogen-bond donors (Lipinski definition) is 1. The second-order valence-electron chi connectivity index (χ2n) is 8.16. The molecule has 3 aromatic carbocycles. The summed E-state index contributed by atoms with van der Waals surface area (Å²) in [5, 5.41) is 6.79. The van der Waals surface area contributed by atoms with E-state index in [1.807, 2.05) is 0 Å². The molecule has 0 saturated carbocycles. The smallest absolute Gasteiger partial charge is 0.173 e. The van der Waals surface area contributed by atoms with Crippen molar-refractivity contribution in [2.45, 2.75) is 19.9 Å². The molecule has 1 aliphatic rings. The van der Waals surface area contributed by atoms with Gasteiger partial charge >= 0.3 is 0 Å². The molecule has 0 radical (unpaired) electrons. The van der Waals surface area contributed by atoms with Gasteiger partial charge in [0.2, 0.25) is 0 Å². The number of rotatable bonds is 7. The summed E-state index contributed by atoms with van der Waals surface area (Å²) in [6.07, 6.45) is 1.07. The van der Waals surface area contributed by atoms with Crippen LogP contribution in [0.15, 0.2) is 66.7 Å². The highest BCUT2D eigenvalue weighted by atomic mass is 32.1. The van der Waals surface area contributed by atoms with E-state index >= 15 is 0 Å². The molecule has 0 amide bonds. The Labute approximate surface area is 190 Å². The van der Waals surface area contributed by atoms with Crippen molar-refractivity contribution in [2.75, 3.05) is 44.7 Å². The van der Waals surface area contributed by atoms with E-state index in [1.54, 1.807) is 0 Å². The van der Waals surface area contributed by atoms with E-state index in [1.165, 1.54) is 21.9 Å². The zero-order valence-corrected chi connectivity index (χ0v) is 19.0. The molecule has 1 saturated heterocycles. The van der Waals surface area contributed by atoms with E-state index in [-0.39, 0.29) is 0 Å². The van der Waals surface area contributed by atoms with E-state index in [4.69, 9.17) is 17.0 Å². The molecule has 31 heavy (non-hydrogen) atoms. The lowest BCUT2D eigenvalue weighted by molar-refractivity contribution is 0.0368. The maximum Gasteiger partial charge on any atom is 0.173 e. The molecule has 5 heteroatoms.